The van der Waals surface area contributed by atoms with E-state index in [1.54, 1.807) is 24.1 Å². The van der Waals surface area contributed by atoms with E-state index < -0.39 is 6.10 Å². The van der Waals surface area contributed by atoms with Gasteiger partial charge in [0, 0.05) is 7.11 Å². The Morgan fingerprint density at radius 3 is 3.13 bits per heavy atom. The van der Waals surface area contributed by atoms with Crippen LogP contribution in [0.15, 0.2) is 23.3 Å². The zero-order chi connectivity index (χ0) is 11.3. The second kappa shape index (κ2) is 6.05. The summed E-state index contributed by atoms with van der Waals surface area (Å²) in [6, 6.07) is 0. The topological polar surface area (TPSA) is 47.3 Å². The highest BCUT2D eigenvalue weighted by Gasteiger charge is 2.16. The van der Waals surface area contributed by atoms with Gasteiger partial charge in [0.25, 0.3) is 0 Å². The number of ether oxygens (including phenoxy) is 1. The van der Waals surface area contributed by atoms with Gasteiger partial charge in [0.2, 0.25) is 0 Å². The van der Waals surface area contributed by atoms with Gasteiger partial charge in [-0.2, -0.15) is 5.10 Å². The van der Waals surface area contributed by atoms with Crippen LogP contribution in [0.5, 0.6) is 0 Å². The lowest BCUT2D eigenvalue weighted by Gasteiger charge is -2.12. The molecule has 1 heterocycles. The second-order valence-electron chi connectivity index (χ2n) is 3.13. The van der Waals surface area contributed by atoms with E-state index in [4.69, 9.17) is 4.74 Å². The monoisotopic (exact) mass is 274 g/mol. The number of halogens is 1. The van der Waals surface area contributed by atoms with Crippen molar-refractivity contribution in [1.29, 1.82) is 0 Å². The standard InChI is InChI=1S/C10H15BrN2O2/c1-3-4-9(14)10-8(11)7-12-13(10)5-6-15-2/h3,7,9,14H,1,4-6H2,2H3. The number of hydrogen-bond acceptors (Lipinski definition) is 3. The van der Waals surface area contributed by atoms with Crippen LogP contribution >= 0.6 is 15.9 Å². The second-order valence-corrected chi connectivity index (χ2v) is 3.99. The van der Waals surface area contributed by atoms with E-state index in [1.165, 1.54) is 0 Å². The number of hydrogen-bond donors (Lipinski definition) is 1. The van der Waals surface area contributed by atoms with Gasteiger partial charge in [0.15, 0.2) is 0 Å². The van der Waals surface area contributed by atoms with E-state index >= 15 is 0 Å². The summed E-state index contributed by atoms with van der Waals surface area (Å²) in [7, 11) is 1.64. The summed E-state index contributed by atoms with van der Waals surface area (Å²) in [6.45, 7) is 4.80. The number of aromatic nitrogens is 2. The average molecular weight is 275 g/mol. The number of methoxy groups -OCH3 is 1. The third kappa shape index (κ3) is 3.15. The van der Waals surface area contributed by atoms with Crippen molar-refractivity contribution in [2.45, 2.75) is 19.1 Å². The largest absolute Gasteiger partial charge is 0.386 e. The predicted octanol–water partition coefficient (Wildman–Crippen LogP) is 1.90. The van der Waals surface area contributed by atoms with Crippen LogP contribution in [-0.2, 0) is 11.3 Å². The molecule has 1 rings (SSSR count). The molecule has 0 aliphatic heterocycles. The predicted molar refractivity (Wildman–Crippen MR) is 61.6 cm³/mol. The normalized spacial score (nSPS) is 12.7. The Hall–Kier alpha value is -0.650. The Morgan fingerprint density at radius 1 is 1.80 bits per heavy atom. The molecular weight excluding hydrogens is 260 g/mol. The molecule has 0 aliphatic rings. The highest BCUT2D eigenvalue weighted by Crippen LogP contribution is 2.25. The minimum atomic E-state index is -0.573. The maximum atomic E-state index is 9.87. The fourth-order valence-electron chi connectivity index (χ4n) is 1.33. The van der Waals surface area contributed by atoms with Crippen molar-refractivity contribution in [2.24, 2.45) is 0 Å². The maximum Gasteiger partial charge on any atom is 0.100 e. The summed E-state index contributed by atoms with van der Waals surface area (Å²) in [5.74, 6) is 0. The SMILES string of the molecule is C=CCC(O)c1c(Br)cnn1CCOC. The first-order chi connectivity index (χ1) is 7.20. The molecule has 0 saturated heterocycles. The van der Waals surface area contributed by atoms with E-state index in [0.29, 0.717) is 19.6 Å². The van der Waals surface area contributed by atoms with Gasteiger partial charge < -0.3 is 9.84 Å². The van der Waals surface area contributed by atoms with E-state index in [1.807, 2.05) is 0 Å². The first-order valence-electron chi connectivity index (χ1n) is 4.69. The Kier molecular flexibility index (Phi) is 5.01. The number of aliphatic hydroxyl groups is 1. The lowest BCUT2D eigenvalue weighted by Crippen LogP contribution is -2.12. The first kappa shape index (κ1) is 12.4. The molecule has 0 aromatic carbocycles. The first-order valence-corrected chi connectivity index (χ1v) is 5.49. The minimum absolute atomic E-state index is 0.511. The molecule has 1 aromatic rings. The van der Waals surface area contributed by atoms with Crippen LogP contribution in [-0.4, -0.2) is 28.6 Å². The summed E-state index contributed by atoms with van der Waals surface area (Å²) >= 11 is 3.36. The molecule has 4 nitrogen and oxygen atoms in total. The molecule has 0 radical (unpaired) electrons. The highest BCUT2D eigenvalue weighted by molar-refractivity contribution is 9.10. The summed E-state index contributed by atoms with van der Waals surface area (Å²) < 4.78 is 7.52. The number of rotatable bonds is 6. The molecule has 0 bridgehead atoms. The molecule has 1 atom stereocenters. The quantitative estimate of drug-likeness (QED) is 0.807. The smallest absolute Gasteiger partial charge is 0.100 e. The van der Waals surface area contributed by atoms with Crippen molar-refractivity contribution in [3.8, 4) is 0 Å². The molecule has 1 N–H and O–H groups in total. The van der Waals surface area contributed by atoms with E-state index in [2.05, 4.69) is 27.6 Å². The molecule has 0 spiro atoms. The molecule has 1 unspecified atom stereocenters. The lowest BCUT2D eigenvalue weighted by molar-refractivity contribution is 0.154. The molecule has 0 aliphatic carbocycles. The van der Waals surface area contributed by atoms with Crippen LogP contribution in [0.2, 0.25) is 0 Å². The van der Waals surface area contributed by atoms with Crippen molar-refractivity contribution in [3.05, 3.63) is 29.0 Å². The molecule has 1 aromatic heterocycles. The van der Waals surface area contributed by atoms with Gasteiger partial charge in [0.05, 0.1) is 29.5 Å². The lowest BCUT2D eigenvalue weighted by atomic mass is 10.2. The summed E-state index contributed by atoms with van der Waals surface area (Å²) in [4.78, 5) is 0. The van der Waals surface area contributed by atoms with Crippen LogP contribution in [0.25, 0.3) is 0 Å². The third-order valence-corrected chi connectivity index (χ3v) is 2.66. The summed E-state index contributed by atoms with van der Waals surface area (Å²) in [6.07, 6.45) is 3.30. The number of nitrogens with zero attached hydrogens (tertiary/aromatic N) is 2. The average Bonchev–Trinajstić information content (AvgIpc) is 2.57. The molecule has 5 heteroatoms. The van der Waals surface area contributed by atoms with Crippen molar-refractivity contribution in [1.82, 2.24) is 9.78 Å². The molecule has 0 amide bonds. The van der Waals surface area contributed by atoms with Crippen molar-refractivity contribution >= 4 is 15.9 Å². The summed E-state index contributed by atoms with van der Waals surface area (Å²) in [5.41, 5.74) is 0.770. The maximum absolute atomic E-state index is 9.87. The minimum Gasteiger partial charge on any atom is -0.386 e. The fourth-order valence-corrected chi connectivity index (χ4v) is 1.89. The summed E-state index contributed by atoms with van der Waals surface area (Å²) in [5, 5.41) is 14.0. The molecule has 15 heavy (non-hydrogen) atoms. The van der Waals surface area contributed by atoms with Crippen LogP contribution in [0, 0.1) is 0 Å². The Labute approximate surface area is 97.7 Å². The Morgan fingerprint density at radius 2 is 2.53 bits per heavy atom. The van der Waals surface area contributed by atoms with Gasteiger partial charge in [-0.15, -0.1) is 6.58 Å². The van der Waals surface area contributed by atoms with Gasteiger partial charge in [-0.3, -0.25) is 4.68 Å². The molecule has 84 valence electrons. The van der Waals surface area contributed by atoms with Gasteiger partial charge in [-0.25, -0.2) is 0 Å². The van der Waals surface area contributed by atoms with E-state index in [9.17, 15) is 5.11 Å². The van der Waals surface area contributed by atoms with Gasteiger partial charge in [-0.05, 0) is 22.4 Å². The molecule has 0 fully saturated rings. The van der Waals surface area contributed by atoms with Crippen molar-refractivity contribution < 1.29 is 9.84 Å². The van der Waals surface area contributed by atoms with Crippen LogP contribution in [0.1, 0.15) is 18.2 Å². The molecule has 0 saturated carbocycles. The van der Waals surface area contributed by atoms with Gasteiger partial charge >= 0.3 is 0 Å². The molecular formula is C10H15BrN2O2. The van der Waals surface area contributed by atoms with Crippen LogP contribution in [0.3, 0.4) is 0 Å². The Bertz CT molecular complexity index is 325. The van der Waals surface area contributed by atoms with Gasteiger partial charge in [0.1, 0.15) is 6.10 Å². The van der Waals surface area contributed by atoms with Crippen LogP contribution in [0.4, 0.5) is 0 Å². The van der Waals surface area contributed by atoms with Crippen molar-refractivity contribution in [2.75, 3.05) is 13.7 Å². The zero-order valence-corrected chi connectivity index (χ0v) is 10.3. The third-order valence-electron chi connectivity index (χ3n) is 2.05. The highest BCUT2D eigenvalue weighted by atomic mass is 79.9. The number of aliphatic hydroxyl groups excluding tert-OH is 1. The van der Waals surface area contributed by atoms with E-state index in [0.717, 1.165) is 10.2 Å². The zero-order valence-electron chi connectivity index (χ0n) is 8.69. The van der Waals surface area contributed by atoms with Gasteiger partial charge in [-0.1, -0.05) is 6.08 Å². The fraction of sp³-hybridized carbons (Fsp3) is 0.500. The van der Waals surface area contributed by atoms with Crippen LogP contribution < -0.4 is 0 Å². The Balaban J connectivity index is 2.82. The van der Waals surface area contributed by atoms with Crippen molar-refractivity contribution in [3.63, 3.8) is 0 Å². The van der Waals surface area contributed by atoms with E-state index in [-0.39, 0.29) is 0 Å².